The molecule has 0 aliphatic carbocycles. The molecule has 1 N–H and O–H groups in total. The molecule has 0 aromatic carbocycles. The molecule has 1 aliphatic heterocycles. The van der Waals surface area contributed by atoms with Crippen LogP contribution < -0.4 is 10.2 Å². The second-order valence-electron chi connectivity index (χ2n) is 5.47. The Hall–Kier alpha value is -2.21. The van der Waals surface area contributed by atoms with Gasteiger partial charge >= 0.3 is 0 Å². The van der Waals surface area contributed by atoms with Crippen molar-refractivity contribution in [3.63, 3.8) is 0 Å². The molecule has 0 bridgehead atoms. The first-order valence-electron chi connectivity index (χ1n) is 7.51. The van der Waals surface area contributed by atoms with Crippen LogP contribution in [0.3, 0.4) is 0 Å². The van der Waals surface area contributed by atoms with E-state index >= 15 is 0 Å². The maximum atomic E-state index is 5.38. The Labute approximate surface area is 130 Å². The second-order valence-corrected chi connectivity index (χ2v) is 5.47. The first-order valence-corrected chi connectivity index (χ1v) is 7.51. The van der Waals surface area contributed by atoms with Crippen molar-refractivity contribution < 1.29 is 4.74 Å². The standard InChI is InChI=1S/C16H21N5O/c1-11-10-15(19-13(3)17-11)20-14-4-5-16(18-12(14)2)21-6-8-22-9-7-21/h4-5,10H,6-9H2,1-3H3,(H,17,19,20). The van der Waals surface area contributed by atoms with Gasteiger partial charge in [0.1, 0.15) is 17.5 Å². The lowest BCUT2D eigenvalue weighted by Crippen LogP contribution is -2.36. The fraction of sp³-hybridized carbons (Fsp3) is 0.438. The van der Waals surface area contributed by atoms with Crippen LogP contribution in [0.4, 0.5) is 17.3 Å². The number of nitrogens with zero attached hydrogens (tertiary/aromatic N) is 4. The first-order chi connectivity index (χ1) is 10.6. The number of morpholine rings is 1. The lowest BCUT2D eigenvalue weighted by molar-refractivity contribution is 0.122. The summed E-state index contributed by atoms with van der Waals surface area (Å²) < 4.78 is 5.38. The van der Waals surface area contributed by atoms with Crippen LogP contribution in [0.5, 0.6) is 0 Å². The van der Waals surface area contributed by atoms with Gasteiger partial charge in [-0.25, -0.2) is 15.0 Å². The molecular formula is C16H21N5O. The maximum absolute atomic E-state index is 5.38. The van der Waals surface area contributed by atoms with E-state index in [0.717, 1.165) is 60.8 Å². The van der Waals surface area contributed by atoms with E-state index in [9.17, 15) is 0 Å². The molecule has 0 unspecified atom stereocenters. The van der Waals surface area contributed by atoms with Crippen LogP contribution >= 0.6 is 0 Å². The summed E-state index contributed by atoms with van der Waals surface area (Å²) in [7, 11) is 0. The number of aromatic nitrogens is 3. The number of anilines is 3. The second kappa shape index (κ2) is 6.27. The van der Waals surface area contributed by atoms with E-state index in [2.05, 4.69) is 26.3 Å². The van der Waals surface area contributed by atoms with Crippen molar-refractivity contribution in [2.45, 2.75) is 20.8 Å². The highest BCUT2D eigenvalue weighted by atomic mass is 16.5. The summed E-state index contributed by atoms with van der Waals surface area (Å²) >= 11 is 0. The van der Waals surface area contributed by atoms with Crippen LogP contribution in [0, 0.1) is 20.8 Å². The zero-order valence-corrected chi connectivity index (χ0v) is 13.3. The van der Waals surface area contributed by atoms with Crippen LogP contribution in [0.15, 0.2) is 18.2 Å². The summed E-state index contributed by atoms with van der Waals surface area (Å²) in [5.41, 5.74) is 2.87. The van der Waals surface area contributed by atoms with Crippen molar-refractivity contribution in [1.29, 1.82) is 0 Å². The molecule has 1 fully saturated rings. The Morgan fingerprint density at radius 3 is 2.50 bits per heavy atom. The third-order valence-corrected chi connectivity index (χ3v) is 3.63. The molecule has 0 amide bonds. The molecule has 0 saturated carbocycles. The number of hydrogen-bond donors (Lipinski definition) is 1. The van der Waals surface area contributed by atoms with Gasteiger partial charge < -0.3 is 15.0 Å². The van der Waals surface area contributed by atoms with Crippen molar-refractivity contribution in [3.8, 4) is 0 Å². The lowest BCUT2D eigenvalue weighted by atomic mass is 10.2. The fourth-order valence-electron chi connectivity index (χ4n) is 2.57. The van der Waals surface area contributed by atoms with Gasteiger partial charge in [0, 0.05) is 24.8 Å². The Balaban J connectivity index is 1.79. The lowest BCUT2D eigenvalue weighted by Gasteiger charge is -2.28. The number of pyridine rings is 1. The topological polar surface area (TPSA) is 63.2 Å². The van der Waals surface area contributed by atoms with Gasteiger partial charge in [-0.1, -0.05) is 0 Å². The SMILES string of the molecule is Cc1cc(Nc2ccc(N3CCOCC3)nc2C)nc(C)n1. The van der Waals surface area contributed by atoms with Gasteiger partial charge in [-0.2, -0.15) is 0 Å². The van der Waals surface area contributed by atoms with Gasteiger partial charge in [0.25, 0.3) is 0 Å². The Kier molecular flexibility index (Phi) is 4.20. The minimum atomic E-state index is 0.762. The summed E-state index contributed by atoms with van der Waals surface area (Å²) in [6.07, 6.45) is 0. The quantitative estimate of drug-likeness (QED) is 0.939. The smallest absolute Gasteiger partial charge is 0.134 e. The summed E-state index contributed by atoms with van der Waals surface area (Å²) in [5.74, 6) is 2.56. The highest BCUT2D eigenvalue weighted by Gasteiger charge is 2.13. The fourth-order valence-corrected chi connectivity index (χ4v) is 2.57. The first kappa shape index (κ1) is 14.7. The molecule has 0 atom stereocenters. The van der Waals surface area contributed by atoms with Crippen LogP contribution in [-0.2, 0) is 4.74 Å². The normalized spacial score (nSPS) is 15.0. The minimum absolute atomic E-state index is 0.762. The highest BCUT2D eigenvalue weighted by molar-refractivity contribution is 5.61. The molecule has 2 aromatic heterocycles. The van der Waals surface area contributed by atoms with E-state index in [1.807, 2.05) is 32.9 Å². The summed E-state index contributed by atoms with van der Waals surface area (Å²) in [5, 5.41) is 3.33. The van der Waals surface area contributed by atoms with E-state index in [4.69, 9.17) is 9.72 Å². The van der Waals surface area contributed by atoms with Gasteiger partial charge in [-0.05, 0) is 32.9 Å². The monoisotopic (exact) mass is 299 g/mol. The predicted octanol–water partition coefficient (Wildman–Crippen LogP) is 2.38. The molecule has 22 heavy (non-hydrogen) atoms. The third-order valence-electron chi connectivity index (χ3n) is 3.63. The van der Waals surface area contributed by atoms with Gasteiger partial charge in [-0.15, -0.1) is 0 Å². The van der Waals surface area contributed by atoms with Crippen LogP contribution in [0.1, 0.15) is 17.2 Å². The van der Waals surface area contributed by atoms with Gasteiger partial charge in [-0.3, -0.25) is 0 Å². The number of ether oxygens (including phenoxy) is 1. The maximum Gasteiger partial charge on any atom is 0.134 e. The van der Waals surface area contributed by atoms with Crippen LogP contribution in [0.2, 0.25) is 0 Å². The van der Waals surface area contributed by atoms with Crippen LogP contribution in [-0.4, -0.2) is 41.3 Å². The van der Waals surface area contributed by atoms with E-state index < -0.39 is 0 Å². The molecule has 1 aliphatic rings. The highest BCUT2D eigenvalue weighted by Crippen LogP contribution is 2.22. The van der Waals surface area contributed by atoms with Crippen LogP contribution in [0.25, 0.3) is 0 Å². The molecular weight excluding hydrogens is 278 g/mol. The molecule has 2 aromatic rings. The molecule has 6 heteroatoms. The number of rotatable bonds is 3. The Morgan fingerprint density at radius 1 is 1.05 bits per heavy atom. The Morgan fingerprint density at radius 2 is 1.82 bits per heavy atom. The van der Waals surface area contributed by atoms with E-state index in [0.29, 0.717) is 0 Å². The van der Waals surface area contributed by atoms with Gasteiger partial charge in [0.2, 0.25) is 0 Å². The summed E-state index contributed by atoms with van der Waals surface area (Å²) in [4.78, 5) is 15.6. The zero-order chi connectivity index (χ0) is 15.5. The minimum Gasteiger partial charge on any atom is -0.378 e. The number of hydrogen-bond acceptors (Lipinski definition) is 6. The average Bonchev–Trinajstić information content (AvgIpc) is 2.49. The average molecular weight is 299 g/mol. The van der Waals surface area contributed by atoms with E-state index in [1.54, 1.807) is 0 Å². The predicted molar refractivity (Wildman–Crippen MR) is 86.8 cm³/mol. The van der Waals surface area contributed by atoms with Crippen molar-refractivity contribution >= 4 is 17.3 Å². The van der Waals surface area contributed by atoms with Crippen molar-refractivity contribution in [2.24, 2.45) is 0 Å². The third kappa shape index (κ3) is 3.33. The molecule has 0 spiro atoms. The van der Waals surface area contributed by atoms with E-state index in [1.165, 1.54) is 0 Å². The molecule has 116 valence electrons. The molecule has 1 saturated heterocycles. The summed E-state index contributed by atoms with van der Waals surface area (Å²) in [6, 6.07) is 6.03. The van der Waals surface area contributed by atoms with Crippen molar-refractivity contribution in [1.82, 2.24) is 15.0 Å². The number of aryl methyl sites for hydroxylation is 3. The zero-order valence-electron chi connectivity index (χ0n) is 13.3. The Bertz CT molecular complexity index is 647. The van der Waals surface area contributed by atoms with Crippen molar-refractivity contribution in [3.05, 3.63) is 35.4 Å². The molecule has 0 radical (unpaired) electrons. The van der Waals surface area contributed by atoms with Gasteiger partial charge in [0.05, 0.1) is 24.6 Å². The summed E-state index contributed by atoms with van der Waals surface area (Å²) in [6.45, 7) is 9.18. The largest absolute Gasteiger partial charge is 0.378 e. The van der Waals surface area contributed by atoms with Crippen molar-refractivity contribution in [2.75, 3.05) is 36.5 Å². The van der Waals surface area contributed by atoms with E-state index in [-0.39, 0.29) is 0 Å². The molecule has 6 nitrogen and oxygen atoms in total. The van der Waals surface area contributed by atoms with Gasteiger partial charge in [0.15, 0.2) is 0 Å². The molecule has 3 heterocycles. The molecule has 3 rings (SSSR count). The number of nitrogens with one attached hydrogen (secondary N) is 1.